The Morgan fingerprint density at radius 1 is 1.33 bits per heavy atom. The Morgan fingerprint density at radius 2 is 2.00 bits per heavy atom. The number of hydrogen-bond acceptors (Lipinski definition) is 5. The van der Waals surface area contributed by atoms with Crippen molar-refractivity contribution in [2.45, 2.75) is 46.2 Å². The molecule has 3 N–H and O–H groups in total. The Kier molecular flexibility index (Phi) is 4.99. The summed E-state index contributed by atoms with van der Waals surface area (Å²) in [5.74, 6) is -0.648. The van der Waals surface area contributed by atoms with Gasteiger partial charge in [0.25, 0.3) is 0 Å². The fraction of sp³-hybridized carbons (Fsp3) is 0.444. The molecule has 130 valence electrons. The predicted octanol–water partition coefficient (Wildman–Crippen LogP) is 3.01. The lowest BCUT2D eigenvalue weighted by Crippen LogP contribution is -2.46. The van der Waals surface area contributed by atoms with Gasteiger partial charge in [-0.1, -0.05) is 0 Å². The molecule has 0 aliphatic heterocycles. The van der Waals surface area contributed by atoms with Gasteiger partial charge in [-0.25, -0.2) is 4.79 Å². The summed E-state index contributed by atoms with van der Waals surface area (Å²) in [6, 6.07) is 4.16. The van der Waals surface area contributed by atoms with E-state index >= 15 is 0 Å². The highest BCUT2D eigenvalue weighted by molar-refractivity contribution is 6.12. The Morgan fingerprint density at radius 3 is 2.58 bits per heavy atom. The van der Waals surface area contributed by atoms with Gasteiger partial charge in [-0.3, -0.25) is 4.79 Å². The molecule has 0 bridgehead atoms. The molecule has 1 atom stereocenters. The number of aromatic nitrogens is 1. The SMILES string of the molecule is CCOC(=O)c1cc2c(C(=O)C(C)NC(C)(C)C)ccc(O)c2[nH]1. The summed E-state index contributed by atoms with van der Waals surface area (Å²) in [6.45, 7) is 9.71. The number of ether oxygens (including phenoxy) is 1. The molecule has 0 fully saturated rings. The van der Waals surface area contributed by atoms with Gasteiger partial charge in [-0.2, -0.15) is 0 Å². The third-order valence-electron chi connectivity index (χ3n) is 3.58. The molecule has 0 saturated heterocycles. The number of ketones is 1. The standard InChI is InChI=1S/C18H24N2O4/c1-6-24-17(23)13-9-12-11(7-8-14(21)15(12)19-13)16(22)10(2)20-18(3,4)5/h7-10,19-21H,6H2,1-5H3. The first-order valence-corrected chi connectivity index (χ1v) is 7.97. The molecule has 0 radical (unpaired) electrons. The maximum Gasteiger partial charge on any atom is 0.354 e. The first-order chi connectivity index (χ1) is 11.1. The summed E-state index contributed by atoms with van der Waals surface area (Å²) in [4.78, 5) is 27.5. The summed E-state index contributed by atoms with van der Waals surface area (Å²) >= 11 is 0. The topological polar surface area (TPSA) is 91.4 Å². The fourth-order valence-electron chi connectivity index (χ4n) is 2.69. The van der Waals surface area contributed by atoms with Crippen LogP contribution in [0.5, 0.6) is 5.75 Å². The molecule has 1 unspecified atom stereocenters. The van der Waals surface area contributed by atoms with Crippen LogP contribution in [0, 0.1) is 0 Å². The molecular formula is C18H24N2O4. The second-order valence-corrected chi connectivity index (χ2v) is 6.80. The van der Waals surface area contributed by atoms with Crippen LogP contribution in [0.25, 0.3) is 10.9 Å². The van der Waals surface area contributed by atoms with Gasteiger partial charge < -0.3 is 20.1 Å². The van der Waals surface area contributed by atoms with Gasteiger partial charge in [-0.05, 0) is 52.8 Å². The molecule has 1 aromatic heterocycles. The van der Waals surface area contributed by atoms with Crippen LogP contribution >= 0.6 is 0 Å². The minimum absolute atomic E-state index is 0.0199. The van der Waals surface area contributed by atoms with Crippen LogP contribution in [-0.4, -0.2) is 40.0 Å². The minimum atomic E-state index is -0.521. The van der Waals surface area contributed by atoms with Gasteiger partial charge in [0.05, 0.1) is 18.2 Å². The van der Waals surface area contributed by atoms with Crippen molar-refractivity contribution in [2.24, 2.45) is 0 Å². The van der Waals surface area contributed by atoms with E-state index in [9.17, 15) is 14.7 Å². The number of benzene rings is 1. The number of carbonyl (C=O) groups is 2. The molecule has 1 heterocycles. The normalized spacial score (nSPS) is 13.0. The Labute approximate surface area is 141 Å². The molecule has 2 aromatic rings. The fourth-order valence-corrected chi connectivity index (χ4v) is 2.69. The number of phenolic OH excluding ortho intramolecular Hbond substituents is 1. The quantitative estimate of drug-likeness (QED) is 0.578. The highest BCUT2D eigenvalue weighted by atomic mass is 16.5. The molecule has 0 spiro atoms. The number of esters is 1. The number of fused-ring (bicyclic) bond motifs is 1. The van der Waals surface area contributed by atoms with E-state index < -0.39 is 12.0 Å². The maximum absolute atomic E-state index is 12.8. The van der Waals surface area contributed by atoms with Crippen molar-refractivity contribution in [2.75, 3.05) is 6.61 Å². The average Bonchev–Trinajstić information content (AvgIpc) is 2.91. The number of Topliss-reactive ketones (excluding diaryl/α,β-unsaturated/α-hetero) is 1. The lowest BCUT2D eigenvalue weighted by Gasteiger charge is -2.25. The van der Waals surface area contributed by atoms with E-state index in [2.05, 4.69) is 10.3 Å². The third-order valence-corrected chi connectivity index (χ3v) is 3.58. The van der Waals surface area contributed by atoms with E-state index in [1.54, 1.807) is 26.0 Å². The molecule has 2 rings (SSSR count). The number of aromatic hydroxyl groups is 1. The van der Waals surface area contributed by atoms with Crippen LogP contribution < -0.4 is 5.32 Å². The van der Waals surface area contributed by atoms with E-state index in [4.69, 9.17) is 4.74 Å². The zero-order valence-electron chi connectivity index (χ0n) is 14.7. The molecule has 0 aliphatic carbocycles. The molecule has 0 amide bonds. The second-order valence-electron chi connectivity index (χ2n) is 6.80. The summed E-state index contributed by atoms with van der Waals surface area (Å²) in [5, 5.41) is 13.8. The second kappa shape index (κ2) is 6.65. The number of rotatable bonds is 5. The summed E-state index contributed by atoms with van der Waals surface area (Å²) in [6.07, 6.45) is 0. The van der Waals surface area contributed by atoms with Crippen molar-refractivity contribution < 1.29 is 19.4 Å². The highest BCUT2D eigenvalue weighted by Crippen LogP contribution is 2.29. The van der Waals surface area contributed by atoms with Crippen LogP contribution in [0.2, 0.25) is 0 Å². The van der Waals surface area contributed by atoms with Crippen molar-refractivity contribution in [1.82, 2.24) is 10.3 Å². The molecule has 24 heavy (non-hydrogen) atoms. The van der Waals surface area contributed by atoms with E-state index in [0.29, 0.717) is 16.5 Å². The van der Waals surface area contributed by atoms with E-state index in [0.717, 1.165) is 0 Å². The van der Waals surface area contributed by atoms with E-state index in [1.165, 1.54) is 6.07 Å². The molecular weight excluding hydrogens is 308 g/mol. The largest absolute Gasteiger partial charge is 0.506 e. The molecule has 0 saturated carbocycles. The van der Waals surface area contributed by atoms with Gasteiger partial charge in [-0.15, -0.1) is 0 Å². The Hall–Kier alpha value is -2.34. The summed E-state index contributed by atoms with van der Waals surface area (Å²) < 4.78 is 4.96. The number of carbonyl (C=O) groups excluding carboxylic acids is 2. The van der Waals surface area contributed by atoms with E-state index in [1.807, 2.05) is 20.8 Å². The zero-order chi connectivity index (χ0) is 18.1. The lowest BCUT2D eigenvalue weighted by molar-refractivity contribution is 0.0520. The highest BCUT2D eigenvalue weighted by Gasteiger charge is 2.24. The van der Waals surface area contributed by atoms with Crippen molar-refractivity contribution in [3.63, 3.8) is 0 Å². The van der Waals surface area contributed by atoms with Crippen LogP contribution in [0.15, 0.2) is 18.2 Å². The molecule has 0 aliphatic rings. The average molecular weight is 332 g/mol. The van der Waals surface area contributed by atoms with Gasteiger partial charge in [0, 0.05) is 16.5 Å². The van der Waals surface area contributed by atoms with Gasteiger partial charge in [0.1, 0.15) is 11.4 Å². The third kappa shape index (κ3) is 3.76. The van der Waals surface area contributed by atoms with Crippen molar-refractivity contribution in [3.05, 3.63) is 29.5 Å². The van der Waals surface area contributed by atoms with Gasteiger partial charge >= 0.3 is 5.97 Å². The van der Waals surface area contributed by atoms with Crippen LogP contribution in [0.1, 0.15) is 55.5 Å². The van der Waals surface area contributed by atoms with E-state index in [-0.39, 0.29) is 29.4 Å². The van der Waals surface area contributed by atoms with Crippen molar-refractivity contribution >= 4 is 22.7 Å². The monoisotopic (exact) mass is 332 g/mol. The number of nitrogens with one attached hydrogen (secondary N) is 2. The molecule has 6 heteroatoms. The molecule has 6 nitrogen and oxygen atoms in total. The maximum atomic E-state index is 12.8. The Balaban J connectivity index is 2.45. The smallest absolute Gasteiger partial charge is 0.354 e. The number of phenols is 1. The van der Waals surface area contributed by atoms with Crippen LogP contribution in [0.3, 0.4) is 0 Å². The number of H-pyrrole nitrogens is 1. The first kappa shape index (κ1) is 18.0. The van der Waals surface area contributed by atoms with Crippen LogP contribution in [0.4, 0.5) is 0 Å². The summed E-state index contributed by atoms with van der Waals surface area (Å²) in [7, 11) is 0. The van der Waals surface area contributed by atoms with Crippen molar-refractivity contribution in [1.29, 1.82) is 0 Å². The zero-order valence-corrected chi connectivity index (χ0v) is 14.7. The van der Waals surface area contributed by atoms with Gasteiger partial charge in [0.15, 0.2) is 5.78 Å². The number of aromatic amines is 1. The first-order valence-electron chi connectivity index (χ1n) is 7.97. The Bertz CT molecular complexity index is 771. The minimum Gasteiger partial charge on any atom is -0.506 e. The van der Waals surface area contributed by atoms with Crippen LogP contribution in [-0.2, 0) is 4.74 Å². The lowest BCUT2D eigenvalue weighted by atomic mass is 9.98. The predicted molar refractivity (Wildman–Crippen MR) is 92.6 cm³/mol. The number of hydrogen-bond donors (Lipinski definition) is 3. The van der Waals surface area contributed by atoms with Gasteiger partial charge in [0.2, 0.25) is 0 Å². The summed E-state index contributed by atoms with van der Waals surface area (Å²) in [5.41, 5.74) is 0.795. The van der Waals surface area contributed by atoms with Crippen molar-refractivity contribution in [3.8, 4) is 5.75 Å². The molecule has 1 aromatic carbocycles.